The first kappa shape index (κ1) is 19.3. The smallest absolute Gasteiger partial charge is 0.293 e. The molecule has 2 atom stereocenters. The number of amides is 3. The van der Waals surface area contributed by atoms with Crippen LogP contribution in [0, 0.1) is 0 Å². The third-order valence-electron chi connectivity index (χ3n) is 4.00. The number of hydrogen-bond donors (Lipinski definition) is 2. The number of nitrogens with zero attached hydrogens (tertiary/aromatic N) is 1. The quantitative estimate of drug-likeness (QED) is 0.722. The Balaban J connectivity index is 1.57. The molecule has 1 aromatic rings. The summed E-state index contributed by atoms with van der Waals surface area (Å²) in [6.07, 6.45) is 1.09. The van der Waals surface area contributed by atoms with Gasteiger partial charge in [-0.1, -0.05) is 23.7 Å². The summed E-state index contributed by atoms with van der Waals surface area (Å²) in [5.74, 6) is 0.582. The summed E-state index contributed by atoms with van der Waals surface area (Å²) in [4.78, 5) is 37.9. The van der Waals surface area contributed by atoms with Crippen LogP contribution in [0.5, 0.6) is 0 Å². The van der Waals surface area contributed by atoms with Crippen molar-refractivity contribution in [1.82, 2.24) is 10.2 Å². The van der Waals surface area contributed by atoms with Crippen molar-refractivity contribution < 1.29 is 19.5 Å². The average Bonchev–Trinajstić information content (AvgIpc) is 3.12. The minimum Gasteiger partial charge on any atom is -0.390 e. The van der Waals surface area contributed by atoms with E-state index in [0.717, 1.165) is 22.2 Å². The number of nitrogens with one attached hydrogen (secondary N) is 1. The van der Waals surface area contributed by atoms with E-state index in [1.807, 2.05) is 0 Å². The fraction of sp³-hybridized carbons (Fsp3) is 0.353. The van der Waals surface area contributed by atoms with Crippen LogP contribution in [0.2, 0.25) is 5.02 Å². The second-order valence-corrected chi connectivity index (χ2v) is 8.42. The fourth-order valence-corrected chi connectivity index (χ4v) is 4.74. The summed E-state index contributed by atoms with van der Waals surface area (Å²) in [6, 6.07) is 6.66. The van der Waals surface area contributed by atoms with Crippen LogP contribution in [0.25, 0.3) is 6.08 Å². The van der Waals surface area contributed by atoms with Crippen molar-refractivity contribution in [2.75, 3.05) is 18.1 Å². The maximum absolute atomic E-state index is 12.4. The minimum absolute atomic E-state index is 0.0140. The molecule has 2 aliphatic heterocycles. The number of aliphatic hydroxyl groups excluding tert-OH is 1. The zero-order valence-electron chi connectivity index (χ0n) is 13.7. The number of hydrogen-bond acceptors (Lipinski definition) is 6. The van der Waals surface area contributed by atoms with Crippen molar-refractivity contribution >= 4 is 58.3 Å². The SMILES string of the molecule is O=C(CCN1C(=O)SC(=Cc2ccc(Cl)cc2)C1=O)N[C@@H]1CSC[C@@H]1O. The summed E-state index contributed by atoms with van der Waals surface area (Å²) < 4.78 is 0. The maximum atomic E-state index is 12.4. The number of aliphatic hydroxyl groups is 1. The van der Waals surface area contributed by atoms with E-state index >= 15 is 0 Å². The van der Waals surface area contributed by atoms with Gasteiger partial charge in [0, 0.05) is 29.5 Å². The lowest BCUT2D eigenvalue weighted by Gasteiger charge is -2.17. The molecule has 3 amide bonds. The van der Waals surface area contributed by atoms with E-state index in [1.54, 1.807) is 42.1 Å². The number of imide groups is 1. The van der Waals surface area contributed by atoms with E-state index < -0.39 is 12.0 Å². The lowest BCUT2D eigenvalue weighted by Crippen LogP contribution is -2.43. The molecule has 138 valence electrons. The highest BCUT2D eigenvalue weighted by molar-refractivity contribution is 8.18. The Kier molecular flexibility index (Phi) is 6.29. The highest BCUT2D eigenvalue weighted by atomic mass is 35.5. The van der Waals surface area contributed by atoms with Crippen LogP contribution in [0.3, 0.4) is 0 Å². The van der Waals surface area contributed by atoms with Gasteiger partial charge in [0.25, 0.3) is 11.1 Å². The molecular weight excluding hydrogens is 396 g/mol. The molecule has 0 unspecified atom stereocenters. The average molecular weight is 413 g/mol. The molecule has 3 rings (SSSR count). The predicted octanol–water partition coefficient (Wildman–Crippen LogP) is 2.36. The van der Waals surface area contributed by atoms with Crippen molar-refractivity contribution in [2.45, 2.75) is 18.6 Å². The van der Waals surface area contributed by atoms with Crippen LogP contribution in [-0.4, -0.2) is 57.3 Å². The highest BCUT2D eigenvalue weighted by Gasteiger charge is 2.35. The molecule has 0 spiro atoms. The lowest BCUT2D eigenvalue weighted by molar-refractivity contribution is -0.124. The van der Waals surface area contributed by atoms with Gasteiger partial charge in [-0.25, -0.2) is 0 Å². The van der Waals surface area contributed by atoms with Gasteiger partial charge in [0.05, 0.1) is 17.1 Å². The van der Waals surface area contributed by atoms with E-state index in [0.29, 0.717) is 21.4 Å². The Morgan fingerprint density at radius 3 is 2.69 bits per heavy atom. The molecule has 0 bridgehead atoms. The minimum atomic E-state index is -0.552. The second-order valence-electron chi connectivity index (χ2n) is 5.91. The zero-order valence-corrected chi connectivity index (χ0v) is 16.1. The van der Waals surface area contributed by atoms with Crippen molar-refractivity contribution in [2.24, 2.45) is 0 Å². The Morgan fingerprint density at radius 1 is 1.31 bits per heavy atom. The molecule has 2 heterocycles. The first-order valence-electron chi connectivity index (χ1n) is 8.00. The van der Waals surface area contributed by atoms with Crippen LogP contribution >= 0.6 is 35.1 Å². The van der Waals surface area contributed by atoms with Crippen LogP contribution in [0.4, 0.5) is 4.79 Å². The molecule has 0 radical (unpaired) electrons. The Bertz CT molecular complexity index is 754. The maximum Gasteiger partial charge on any atom is 0.293 e. The number of carbonyl (C=O) groups excluding carboxylic acids is 3. The lowest BCUT2D eigenvalue weighted by atomic mass is 10.2. The molecular formula is C17H17ClN2O4S2. The largest absolute Gasteiger partial charge is 0.390 e. The van der Waals surface area contributed by atoms with Crippen LogP contribution in [0.15, 0.2) is 29.2 Å². The number of carbonyl (C=O) groups is 3. The molecule has 26 heavy (non-hydrogen) atoms. The van der Waals surface area contributed by atoms with Crippen LogP contribution in [0.1, 0.15) is 12.0 Å². The first-order valence-corrected chi connectivity index (χ1v) is 10.3. The van der Waals surface area contributed by atoms with E-state index in [-0.39, 0.29) is 30.2 Å². The molecule has 1 aromatic carbocycles. The van der Waals surface area contributed by atoms with E-state index in [2.05, 4.69) is 5.32 Å². The molecule has 2 N–H and O–H groups in total. The van der Waals surface area contributed by atoms with Gasteiger partial charge in [-0.3, -0.25) is 19.3 Å². The number of benzene rings is 1. The first-order chi connectivity index (χ1) is 12.4. The molecule has 6 nitrogen and oxygen atoms in total. The van der Waals surface area contributed by atoms with Crippen molar-refractivity contribution in [3.05, 3.63) is 39.8 Å². The summed E-state index contributed by atoms with van der Waals surface area (Å²) in [6.45, 7) is 0.0183. The normalized spacial score (nSPS) is 24.5. The van der Waals surface area contributed by atoms with Gasteiger partial charge < -0.3 is 10.4 Å². The number of thioether (sulfide) groups is 2. The highest BCUT2D eigenvalue weighted by Crippen LogP contribution is 2.32. The number of rotatable bonds is 5. The molecule has 2 aliphatic rings. The summed E-state index contributed by atoms with van der Waals surface area (Å²) in [5, 5.41) is 12.7. The van der Waals surface area contributed by atoms with Crippen molar-refractivity contribution in [3.8, 4) is 0 Å². The fourth-order valence-electron chi connectivity index (χ4n) is 2.58. The topological polar surface area (TPSA) is 86.7 Å². The van der Waals surface area contributed by atoms with E-state index in [4.69, 9.17) is 11.6 Å². The van der Waals surface area contributed by atoms with E-state index in [9.17, 15) is 19.5 Å². The molecule has 9 heteroatoms. The standard InChI is InChI=1S/C17H17ClN2O4S2/c18-11-3-1-10(2-4-11)7-14-16(23)20(17(24)26-14)6-5-15(22)19-12-8-25-9-13(12)21/h1-4,7,12-13,21H,5-6,8-9H2,(H,19,22)/t12-,13+/m1/s1. The zero-order chi connectivity index (χ0) is 18.7. The molecule has 2 saturated heterocycles. The van der Waals surface area contributed by atoms with Gasteiger partial charge in [-0.2, -0.15) is 11.8 Å². The van der Waals surface area contributed by atoms with Gasteiger partial charge >= 0.3 is 0 Å². The number of halogens is 1. The van der Waals surface area contributed by atoms with Gasteiger partial charge in [0.15, 0.2) is 0 Å². The molecule has 0 aliphatic carbocycles. The second kappa shape index (κ2) is 8.47. The summed E-state index contributed by atoms with van der Waals surface area (Å²) in [7, 11) is 0. The third-order valence-corrected chi connectivity index (χ3v) is 6.33. The summed E-state index contributed by atoms with van der Waals surface area (Å²) >= 11 is 8.27. The molecule has 0 aromatic heterocycles. The monoisotopic (exact) mass is 412 g/mol. The third kappa shape index (κ3) is 4.62. The van der Waals surface area contributed by atoms with Gasteiger partial charge in [0.2, 0.25) is 5.91 Å². The predicted molar refractivity (Wildman–Crippen MR) is 104 cm³/mol. The summed E-state index contributed by atoms with van der Waals surface area (Å²) in [5.41, 5.74) is 0.769. The van der Waals surface area contributed by atoms with Crippen LogP contribution < -0.4 is 5.32 Å². The molecule has 0 saturated carbocycles. The van der Waals surface area contributed by atoms with Crippen molar-refractivity contribution in [3.63, 3.8) is 0 Å². The Hall–Kier alpha value is -1.48. The van der Waals surface area contributed by atoms with E-state index in [1.165, 1.54) is 0 Å². The molecule has 2 fully saturated rings. The van der Waals surface area contributed by atoms with Crippen molar-refractivity contribution in [1.29, 1.82) is 0 Å². The Morgan fingerprint density at radius 2 is 2.04 bits per heavy atom. The van der Waals surface area contributed by atoms with Gasteiger partial charge in [0.1, 0.15) is 0 Å². The van der Waals surface area contributed by atoms with Gasteiger partial charge in [-0.05, 0) is 35.5 Å². The van der Waals surface area contributed by atoms with Crippen LogP contribution in [-0.2, 0) is 9.59 Å². The Labute approximate surface area is 164 Å². The van der Waals surface area contributed by atoms with Gasteiger partial charge in [-0.15, -0.1) is 0 Å².